The van der Waals surface area contributed by atoms with E-state index in [-0.39, 0.29) is 17.9 Å². The molecule has 0 fully saturated rings. The van der Waals surface area contributed by atoms with Crippen molar-refractivity contribution in [2.24, 2.45) is 0 Å². The lowest BCUT2D eigenvalue weighted by Gasteiger charge is -2.20. The van der Waals surface area contributed by atoms with Gasteiger partial charge in [0, 0.05) is 44.5 Å². The molecule has 1 aliphatic rings. The van der Waals surface area contributed by atoms with Crippen LogP contribution in [0.1, 0.15) is 23.5 Å². The number of hydrogen-bond donors (Lipinski definition) is 4. The molecular weight excluding hydrogens is 528 g/mol. The molecular formula is C26H19ClN6O4S. The number of benzene rings is 2. The highest BCUT2D eigenvalue weighted by molar-refractivity contribution is 7.03. The van der Waals surface area contributed by atoms with Gasteiger partial charge >= 0.3 is 6.09 Å². The zero-order chi connectivity index (χ0) is 26.4. The third kappa shape index (κ3) is 4.16. The van der Waals surface area contributed by atoms with Crippen LogP contribution in [0.4, 0.5) is 10.5 Å². The summed E-state index contributed by atoms with van der Waals surface area (Å²) in [7, 11) is 0. The summed E-state index contributed by atoms with van der Waals surface area (Å²) in [6, 6.07) is 14.0. The summed E-state index contributed by atoms with van der Waals surface area (Å²) < 4.78 is 4.65. The van der Waals surface area contributed by atoms with Crippen molar-refractivity contribution >= 4 is 34.9 Å². The number of aryl methyl sites for hydroxylation is 1. The second-order valence-electron chi connectivity index (χ2n) is 8.91. The third-order valence-electron chi connectivity index (χ3n) is 6.59. The van der Waals surface area contributed by atoms with Gasteiger partial charge in [0.15, 0.2) is 6.20 Å². The Morgan fingerprint density at radius 2 is 1.95 bits per heavy atom. The number of fused-ring (bicyclic) bond motifs is 1. The van der Waals surface area contributed by atoms with Crippen LogP contribution < -0.4 is 10.0 Å². The molecule has 6 rings (SSSR count). The minimum absolute atomic E-state index is 0.224. The number of amides is 1. The number of rotatable bonds is 5. The van der Waals surface area contributed by atoms with E-state index in [0.29, 0.717) is 44.4 Å². The predicted molar refractivity (Wildman–Crippen MR) is 142 cm³/mol. The van der Waals surface area contributed by atoms with Crippen LogP contribution in [-0.4, -0.2) is 35.9 Å². The van der Waals surface area contributed by atoms with Crippen molar-refractivity contribution < 1.29 is 19.7 Å². The van der Waals surface area contributed by atoms with Gasteiger partial charge in [-0.1, -0.05) is 34.3 Å². The second-order valence-corrected chi connectivity index (χ2v) is 9.96. The van der Waals surface area contributed by atoms with Crippen LogP contribution >= 0.6 is 23.1 Å². The van der Waals surface area contributed by atoms with Crippen LogP contribution in [0.2, 0.25) is 5.02 Å². The number of hydrogen-bond acceptors (Lipinski definition) is 7. The molecule has 1 atom stereocenters. The lowest BCUT2D eigenvalue weighted by molar-refractivity contribution is -0.620. The molecule has 12 heteroatoms. The van der Waals surface area contributed by atoms with E-state index >= 15 is 0 Å². The number of carboxylic acid groups (broad SMARTS) is 1. The average molecular weight is 547 g/mol. The highest BCUT2D eigenvalue weighted by Crippen LogP contribution is 2.42. The molecule has 1 amide bonds. The number of nitrogens with zero attached hydrogens (tertiary/aromatic N) is 4. The van der Waals surface area contributed by atoms with Gasteiger partial charge in [-0.2, -0.15) is 4.73 Å². The molecule has 0 radical (unpaired) electrons. The number of halogens is 1. The molecule has 5 aromatic rings. The SMILES string of the molecule is O=C(O)Nc1ccc(-c2c[nH]c(C3(O)CCc4cc(-c5cc(Cl)ccc5-c5csnn5)c[n+]([O-])c43)n2)cc1. The maximum Gasteiger partial charge on any atom is 0.409 e. The van der Waals surface area contributed by atoms with Crippen molar-refractivity contribution in [3.8, 4) is 33.6 Å². The van der Waals surface area contributed by atoms with Crippen molar-refractivity contribution in [3.05, 3.63) is 93.6 Å². The Labute approximate surface area is 225 Å². The molecule has 0 aliphatic heterocycles. The van der Waals surface area contributed by atoms with E-state index in [1.54, 1.807) is 42.6 Å². The van der Waals surface area contributed by atoms with Gasteiger partial charge in [0.2, 0.25) is 11.3 Å². The molecule has 1 aliphatic carbocycles. The second kappa shape index (κ2) is 9.21. The van der Waals surface area contributed by atoms with Crippen molar-refractivity contribution in [3.63, 3.8) is 0 Å². The average Bonchev–Trinajstić information content (AvgIpc) is 3.65. The van der Waals surface area contributed by atoms with E-state index in [4.69, 9.17) is 16.7 Å². The van der Waals surface area contributed by atoms with E-state index in [2.05, 4.69) is 24.9 Å². The summed E-state index contributed by atoms with van der Waals surface area (Å²) in [6.45, 7) is 0. The number of carbonyl (C=O) groups is 1. The summed E-state index contributed by atoms with van der Waals surface area (Å²) in [5, 5.41) is 42.7. The largest absolute Gasteiger partial charge is 0.618 e. The van der Waals surface area contributed by atoms with E-state index in [0.717, 1.165) is 16.7 Å². The van der Waals surface area contributed by atoms with Gasteiger partial charge in [-0.05, 0) is 60.3 Å². The fourth-order valence-electron chi connectivity index (χ4n) is 4.87. The number of aromatic nitrogens is 5. The third-order valence-corrected chi connectivity index (χ3v) is 7.33. The Kier molecular flexibility index (Phi) is 5.83. The lowest BCUT2D eigenvalue weighted by Crippen LogP contribution is -2.42. The molecule has 3 aromatic heterocycles. The molecule has 10 nitrogen and oxygen atoms in total. The number of aromatic amines is 1. The van der Waals surface area contributed by atoms with Gasteiger partial charge < -0.3 is 20.4 Å². The van der Waals surface area contributed by atoms with Gasteiger partial charge in [-0.3, -0.25) is 5.32 Å². The molecule has 38 heavy (non-hydrogen) atoms. The van der Waals surface area contributed by atoms with E-state index in [1.165, 1.54) is 17.7 Å². The monoisotopic (exact) mass is 546 g/mol. The summed E-state index contributed by atoms with van der Waals surface area (Å²) >= 11 is 7.53. The highest BCUT2D eigenvalue weighted by atomic mass is 35.5. The first-order valence-corrected chi connectivity index (χ1v) is 12.8. The van der Waals surface area contributed by atoms with Crippen molar-refractivity contribution in [1.82, 2.24) is 19.6 Å². The quantitative estimate of drug-likeness (QED) is 0.182. The number of imidazole rings is 1. The summed E-state index contributed by atoms with van der Waals surface area (Å²) in [5.41, 5.74) is 3.93. The summed E-state index contributed by atoms with van der Waals surface area (Å²) in [4.78, 5) is 18.4. The van der Waals surface area contributed by atoms with E-state index in [9.17, 15) is 15.1 Å². The highest BCUT2D eigenvalue weighted by Gasteiger charge is 2.48. The van der Waals surface area contributed by atoms with Crippen LogP contribution in [0.25, 0.3) is 33.6 Å². The Balaban J connectivity index is 1.36. The van der Waals surface area contributed by atoms with Crippen LogP contribution in [-0.2, 0) is 12.0 Å². The molecule has 2 aromatic carbocycles. The molecule has 0 spiro atoms. The Bertz CT molecular complexity index is 1670. The topological polar surface area (TPSA) is 151 Å². The fraction of sp³-hybridized carbons (Fsp3) is 0.115. The van der Waals surface area contributed by atoms with Crippen molar-refractivity contribution in [1.29, 1.82) is 0 Å². The zero-order valence-electron chi connectivity index (χ0n) is 19.6. The molecule has 0 saturated heterocycles. The first-order valence-electron chi connectivity index (χ1n) is 11.5. The molecule has 190 valence electrons. The van der Waals surface area contributed by atoms with Crippen LogP contribution in [0.5, 0.6) is 0 Å². The van der Waals surface area contributed by atoms with Crippen molar-refractivity contribution in [2.45, 2.75) is 18.4 Å². The van der Waals surface area contributed by atoms with Gasteiger partial charge in [-0.15, -0.1) is 5.10 Å². The maximum atomic E-state index is 13.4. The Morgan fingerprint density at radius 1 is 1.13 bits per heavy atom. The van der Waals surface area contributed by atoms with Gasteiger partial charge in [0.05, 0.1) is 5.69 Å². The number of aliphatic hydroxyl groups is 1. The Hall–Kier alpha value is -4.32. The van der Waals surface area contributed by atoms with Gasteiger partial charge in [0.1, 0.15) is 11.5 Å². The lowest BCUT2D eigenvalue weighted by atomic mass is 9.96. The predicted octanol–water partition coefficient (Wildman–Crippen LogP) is 4.82. The fourth-order valence-corrected chi connectivity index (χ4v) is 5.49. The minimum Gasteiger partial charge on any atom is -0.618 e. The smallest absolute Gasteiger partial charge is 0.409 e. The van der Waals surface area contributed by atoms with Crippen LogP contribution in [0.15, 0.2) is 66.3 Å². The van der Waals surface area contributed by atoms with E-state index < -0.39 is 11.7 Å². The van der Waals surface area contributed by atoms with Gasteiger partial charge in [0.25, 0.3) is 0 Å². The minimum atomic E-state index is -1.60. The number of anilines is 1. The normalized spacial score (nSPS) is 16.4. The number of nitrogens with one attached hydrogen (secondary N) is 2. The molecule has 1 unspecified atom stereocenters. The first-order chi connectivity index (χ1) is 18.3. The molecule has 3 heterocycles. The van der Waals surface area contributed by atoms with Crippen LogP contribution in [0.3, 0.4) is 0 Å². The van der Waals surface area contributed by atoms with Crippen molar-refractivity contribution in [2.75, 3.05) is 5.32 Å². The molecule has 0 saturated carbocycles. The number of H-pyrrole nitrogens is 1. The standard InChI is InChI=1S/C26H19ClN6O4S/c27-17-3-6-19(22-13-38-32-31-22)20(10-17)16-9-15-7-8-26(36,23(15)33(37)12-16)24-28-11-21(30-24)14-1-4-18(5-2-14)29-25(34)35/h1-6,9-13,29,36H,7-8H2,(H,28,30)(H,34,35). The summed E-state index contributed by atoms with van der Waals surface area (Å²) in [6.07, 6.45) is 2.68. The van der Waals surface area contributed by atoms with Crippen LogP contribution in [0, 0.1) is 5.21 Å². The first kappa shape index (κ1) is 24.0. The van der Waals surface area contributed by atoms with Gasteiger partial charge in [-0.25, -0.2) is 9.78 Å². The number of pyridine rings is 1. The maximum absolute atomic E-state index is 13.4. The molecule has 0 bridgehead atoms. The van der Waals surface area contributed by atoms with E-state index in [1.807, 2.05) is 17.5 Å². The Morgan fingerprint density at radius 3 is 2.68 bits per heavy atom. The molecule has 4 N–H and O–H groups in total. The summed E-state index contributed by atoms with van der Waals surface area (Å²) in [5.74, 6) is 0.258. The zero-order valence-corrected chi connectivity index (χ0v) is 21.1.